The molecule has 0 saturated carbocycles. The number of hydrogen-bond acceptors (Lipinski definition) is 3. The van der Waals surface area contributed by atoms with Crippen LogP contribution in [-0.4, -0.2) is 41.6 Å². The zero-order valence-corrected chi connectivity index (χ0v) is 20.5. The third-order valence-corrected chi connectivity index (χ3v) is 6.93. The van der Waals surface area contributed by atoms with Crippen molar-refractivity contribution in [2.75, 3.05) is 26.3 Å². The van der Waals surface area contributed by atoms with Crippen LogP contribution in [0, 0.1) is 0 Å². The van der Waals surface area contributed by atoms with E-state index in [1.165, 1.54) is 11.1 Å². The number of thiocarbonyl (C=S) groups is 1. The highest BCUT2D eigenvalue weighted by molar-refractivity contribution is 7.80. The fourth-order valence-electron chi connectivity index (χ4n) is 4.41. The zero-order valence-electron chi connectivity index (χ0n) is 19.6. The Morgan fingerprint density at radius 1 is 0.688 bits per heavy atom. The third-order valence-electron chi connectivity index (χ3n) is 6.64. The number of aliphatic hydroxyl groups excluding tert-OH is 2. The summed E-state index contributed by atoms with van der Waals surface area (Å²) in [7, 11) is 0. The van der Waals surface area contributed by atoms with Crippen LogP contribution in [0.5, 0.6) is 0 Å². The fraction of sp³-hybridized carbons (Fsp3) is 0.519. The summed E-state index contributed by atoms with van der Waals surface area (Å²) < 4.78 is 0. The van der Waals surface area contributed by atoms with E-state index in [4.69, 9.17) is 12.2 Å². The van der Waals surface area contributed by atoms with Gasteiger partial charge in [0.05, 0.1) is 0 Å². The van der Waals surface area contributed by atoms with E-state index in [1.54, 1.807) is 0 Å². The molecule has 0 aliphatic carbocycles. The molecule has 2 rings (SSSR count). The lowest BCUT2D eigenvalue weighted by Gasteiger charge is -2.31. The molecule has 0 fully saturated rings. The first-order chi connectivity index (χ1) is 15.4. The molecule has 32 heavy (non-hydrogen) atoms. The van der Waals surface area contributed by atoms with Crippen molar-refractivity contribution >= 4 is 17.3 Å². The first-order valence-electron chi connectivity index (χ1n) is 11.8. The van der Waals surface area contributed by atoms with Gasteiger partial charge in [-0.2, -0.15) is 0 Å². The molecule has 2 unspecified atom stereocenters. The van der Waals surface area contributed by atoms with Crippen LogP contribution in [0.25, 0.3) is 0 Å². The minimum Gasteiger partial charge on any atom is -0.396 e. The van der Waals surface area contributed by atoms with Gasteiger partial charge in [-0.05, 0) is 72.7 Å². The SMILES string of the molecule is CC(CCCO)(CCNC(=S)NCCC(C)(CCCO)c1ccccc1)c1ccccc1. The number of nitrogens with one attached hydrogen (secondary N) is 2. The van der Waals surface area contributed by atoms with Crippen LogP contribution in [-0.2, 0) is 10.8 Å². The summed E-state index contributed by atoms with van der Waals surface area (Å²) in [5, 5.41) is 26.1. The van der Waals surface area contributed by atoms with Crippen LogP contribution in [0.4, 0.5) is 0 Å². The largest absolute Gasteiger partial charge is 0.396 e. The molecule has 0 aliphatic rings. The maximum Gasteiger partial charge on any atom is 0.166 e. The van der Waals surface area contributed by atoms with E-state index in [2.05, 4.69) is 73.0 Å². The first-order valence-corrected chi connectivity index (χ1v) is 12.2. The fourth-order valence-corrected chi connectivity index (χ4v) is 4.62. The molecule has 5 heteroatoms. The molecule has 0 radical (unpaired) electrons. The average Bonchev–Trinajstić information content (AvgIpc) is 2.82. The molecule has 2 aromatic rings. The molecule has 0 heterocycles. The predicted molar refractivity (Wildman–Crippen MR) is 138 cm³/mol. The van der Waals surface area contributed by atoms with Crippen LogP contribution in [0.15, 0.2) is 60.7 Å². The maximum atomic E-state index is 9.33. The standard InChI is InChI=1S/C27H40N2O2S/c1-26(15-9-21-30,23-11-5-3-6-12-23)17-19-28-25(32)29-20-18-27(2,16-10-22-31)24-13-7-4-8-14-24/h3-8,11-14,30-31H,9-10,15-22H2,1-2H3,(H2,28,29,32). The first kappa shape index (κ1) is 26.3. The van der Waals surface area contributed by atoms with Gasteiger partial charge in [0.2, 0.25) is 0 Å². The van der Waals surface area contributed by atoms with E-state index in [0.717, 1.165) is 51.6 Å². The third kappa shape index (κ3) is 8.19. The molecule has 4 nitrogen and oxygen atoms in total. The molecular weight excluding hydrogens is 416 g/mol. The second-order valence-corrected chi connectivity index (χ2v) is 9.60. The lowest BCUT2D eigenvalue weighted by atomic mass is 9.76. The molecule has 4 N–H and O–H groups in total. The predicted octanol–water partition coefficient (Wildman–Crippen LogP) is 4.69. The van der Waals surface area contributed by atoms with E-state index in [-0.39, 0.29) is 24.0 Å². The molecule has 0 aliphatic heterocycles. The molecule has 0 saturated heterocycles. The minimum absolute atomic E-state index is 0.00276. The highest BCUT2D eigenvalue weighted by Gasteiger charge is 2.27. The van der Waals surface area contributed by atoms with Gasteiger partial charge in [0, 0.05) is 26.3 Å². The van der Waals surface area contributed by atoms with Crippen LogP contribution in [0.1, 0.15) is 63.5 Å². The van der Waals surface area contributed by atoms with Crippen LogP contribution >= 0.6 is 12.2 Å². The maximum absolute atomic E-state index is 9.33. The Hall–Kier alpha value is -1.95. The molecule has 0 bridgehead atoms. The van der Waals surface area contributed by atoms with Gasteiger partial charge >= 0.3 is 0 Å². The second-order valence-electron chi connectivity index (χ2n) is 9.19. The van der Waals surface area contributed by atoms with Crippen molar-refractivity contribution in [3.05, 3.63) is 71.8 Å². The van der Waals surface area contributed by atoms with E-state index < -0.39 is 0 Å². The van der Waals surface area contributed by atoms with Gasteiger partial charge in [-0.1, -0.05) is 74.5 Å². The Morgan fingerprint density at radius 2 is 1.06 bits per heavy atom. The minimum atomic E-state index is 0.00276. The summed E-state index contributed by atoms with van der Waals surface area (Å²) in [6, 6.07) is 21.1. The van der Waals surface area contributed by atoms with Crippen molar-refractivity contribution in [2.45, 2.75) is 63.2 Å². The van der Waals surface area contributed by atoms with Gasteiger partial charge in [-0.15, -0.1) is 0 Å². The molecule has 0 amide bonds. The summed E-state index contributed by atoms with van der Waals surface area (Å²) in [5.74, 6) is 0. The summed E-state index contributed by atoms with van der Waals surface area (Å²) in [5.41, 5.74) is 2.61. The van der Waals surface area contributed by atoms with E-state index in [1.807, 2.05) is 12.1 Å². The van der Waals surface area contributed by atoms with Crippen LogP contribution in [0.3, 0.4) is 0 Å². The Labute approximate surface area is 199 Å². The van der Waals surface area contributed by atoms with Crippen molar-refractivity contribution in [2.24, 2.45) is 0 Å². The number of benzene rings is 2. The van der Waals surface area contributed by atoms with Crippen molar-refractivity contribution < 1.29 is 10.2 Å². The summed E-state index contributed by atoms with van der Waals surface area (Å²) in [4.78, 5) is 0. The number of aliphatic hydroxyl groups is 2. The molecule has 0 aromatic heterocycles. The van der Waals surface area contributed by atoms with Gasteiger partial charge in [0.1, 0.15) is 0 Å². The van der Waals surface area contributed by atoms with Crippen LogP contribution in [0.2, 0.25) is 0 Å². The molecule has 176 valence electrons. The number of rotatable bonds is 14. The molecular formula is C27H40N2O2S. The van der Waals surface area contributed by atoms with Crippen molar-refractivity contribution in [1.82, 2.24) is 10.6 Å². The highest BCUT2D eigenvalue weighted by Crippen LogP contribution is 2.33. The lowest BCUT2D eigenvalue weighted by molar-refractivity contribution is 0.260. The summed E-state index contributed by atoms with van der Waals surface area (Å²) in [6.45, 7) is 6.52. The summed E-state index contributed by atoms with van der Waals surface area (Å²) >= 11 is 5.54. The summed E-state index contributed by atoms with van der Waals surface area (Å²) in [6.07, 6.45) is 5.35. The second kappa shape index (κ2) is 13.6. The van der Waals surface area contributed by atoms with Crippen LogP contribution < -0.4 is 10.6 Å². The van der Waals surface area contributed by atoms with Crippen molar-refractivity contribution in [1.29, 1.82) is 0 Å². The van der Waals surface area contributed by atoms with E-state index in [0.29, 0.717) is 5.11 Å². The number of hydrogen-bond donors (Lipinski definition) is 4. The Balaban J connectivity index is 1.85. The van der Waals surface area contributed by atoms with Gasteiger partial charge in [0.25, 0.3) is 0 Å². The van der Waals surface area contributed by atoms with Crippen molar-refractivity contribution in [3.8, 4) is 0 Å². The van der Waals surface area contributed by atoms with Crippen molar-refractivity contribution in [3.63, 3.8) is 0 Å². The molecule has 2 atom stereocenters. The molecule has 2 aromatic carbocycles. The Morgan fingerprint density at radius 3 is 1.41 bits per heavy atom. The quantitative estimate of drug-likeness (QED) is 0.311. The Kier molecular flexibility index (Phi) is 11.1. The highest BCUT2D eigenvalue weighted by atomic mass is 32.1. The monoisotopic (exact) mass is 456 g/mol. The normalized spacial score (nSPS) is 14.9. The Bertz CT molecular complexity index is 721. The zero-order chi connectivity index (χ0) is 23.3. The van der Waals surface area contributed by atoms with Gasteiger partial charge in [-0.3, -0.25) is 0 Å². The lowest BCUT2D eigenvalue weighted by Crippen LogP contribution is -2.40. The van der Waals surface area contributed by atoms with Gasteiger partial charge in [-0.25, -0.2) is 0 Å². The molecule has 0 spiro atoms. The van der Waals surface area contributed by atoms with Gasteiger partial charge in [0.15, 0.2) is 5.11 Å². The van der Waals surface area contributed by atoms with E-state index in [9.17, 15) is 10.2 Å². The topological polar surface area (TPSA) is 64.5 Å². The van der Waals surface area contributed by atoms with E-state index >= 15 is 0 Å². The average molecular weight is 457 g/mol. The van der Waals surface area contributed by atoms with Gasteiger partial charge < -0.3 is 20.8 Å². The smallest absolute Gasteiger partial charge is 0.166 e.